The standard InChI is InChI=1S/C10H16N2O5S.Na/c1-3-4-9(18(15,16)17)12-10(14)7(2)5-6-8(11)13;/h5-6,9H,2-4H2,1H3,(H2,11,13)(H,12,14)(H,15,16,17);/q;+1/p-1. The molecular formula is C10H15N2NaO5S. The van der Waals surface area contributed by atoms with Gasteiger partial charge in [-0.1, -0.05) is 19.9 Å². The summed E-state index contributed by atoms with van der Waals surface area (Å²) in [6.45, 7) is 4.99. The van der Waals surface area contributed by atoms with Crippen LogP contribution >= 0.6 is 0 Å². The Balaban J connectivity index is 0. The van der Waals surface area contributed by atoms with Crippen molar-refractivity contribution in [1.29, 1.82) is 0 Å². The average molecular weight is 298 g/mol. The van der Waals surface area contributed by atoms with E-state index in [1.54, 1.807) is 6.92 Å². The number of nitrogens with one attached hydrogen (secondary N) is 1. The van der Waals surface area contributed by atoms with Crippen LogP contribution in [0.2, 0.25) is 0 Å². The van der Waals surface area contributed by atoms with Crippen LogP contribution in [0.25, 0.3) is 0 Å². The van der Waals surface area contributed by atoms with Gasteiger partial charge in [0.25, 0.3) is 5.91 Å². The van der Waals surface area contributed by atoms with Crippen LogP contribution in [0.3, 0.4) is 0 Å². The van der Waals surface area contributed by atoms with E-state index < -0.39 is 27.3 Å². The molecule has 0 aromatic rings. The van der Waals surface area contributed by atoms with Crippen LogP contribution in [0, 0.1) is 0 Å². The van der Waals surface area contributed by atoms with Crippen molar-refractivity contribution in [1.82, 2.24) is 5.32 Å². The van der Waals surface area contributed by atoms with Gasteiger partial charge in [-0.2, -0.15) is 0 Å². The van der Waals surface area contributed by atoms with Crippen LogP contribution in [0.5, 0.6) is 0 Å². The average Bonchev–Trinajstić information content (AvgIpc) is 2.23. The van der Waals surface area contributed by atoms with Crippen molar-refractivity contribution >= 4 is 21.9 Å². The van der Waals surface area contributed by atoms with Gasteiger partial charge in [-0.15, -0.1) is 0 Å². The molecule has 9 heteroatoms. The predicted octanol–water partition coefficient (Wildman–Crippen LogP) is -3.62. The quantitative estimate of drug-likeness (QED) is 0.217. The van der Waals surface area contributed by atoms with Gasteiger partial charge in [-0.05, 0) is 12.5 Å². The molecule has 102 valence electrons. The Bertz CT molecular complexity index is 472. The molecule has 0 aromatic carbocycles. The first-order valence-corrected chi connectivity index (χ1v) is 6.57. The van der Waals surface area contributed by atoms with Gasteiger partial charge < -0.3 is 15.6 Å². The molecule has 0 heterocycles. The molecule has 7 nitrogen and oxygen atoms in total. The minimum absolute atomic E-state index is 0. The van der Waals surface area contributed by atoms with Crippen LogP contribution in [0.1, 0.15) is 19.8 Å². The number of carbonyl (C=O) groups is 2. The van der Waals surface area contributed by atoms with E-state index in [0.29, 0.717) is 6.42 Å². The van der Waals surface area contributed by atoms with E-state index in [4.69, 9.17) is 5.73 Å². The van der Waals surface area contributed by atoms with Gasteiger partial charge >= 0.3 is 29.6 Å². The molecule has 1 unspecified atom stereocenters. The third-order valence-corrected chi connectivity index (χ3v) is 2.98. The molecule has 0 aliphatic carbocycles. The smallest absolute Gasteiger partial charge is 0.746 e. The van der Waals surface area contributed by atoms with Crippen molar-refractivity contribution in [2.75, 3.05) is 0 Å². The fraction of sp³-hybridized carbons (Fsp3) is 0.400. The van der Waals surface area contributed by atoms with Crippen LogP contribution in [-0.2, 0) is 19.7 Å². The third kappa shape index (κ3) is 8.95. The summed E-state index contributed by atoms with van der Waals surface area (Å²) < 4.78 is 32.6. The number of hydrogen-bond donors (Lipinski definition) is 2. The molecule has 0 aliphatic heterocycles. The fourth-order valence-corrected chi connectivity index (χ4v) is 1.82. The summed E-state index contributed by atoms with van der Waals surface area (Å²) in [7, 11) is -4.63. The first-order chi connectivity index (χ1) is 8.18. The van der Waals surface area contributed by atoms with Gasteiger partial charge in [-0.3, -0.25) is 9.59 Å². The summed E-state index contributed by atoms with van der Waals surface area (Å²) >= 11 is 0. The molecule has 0 fully saturated rings. The molecule has 0 aromatic heterocycles. The summed E-state index contributed by atoms with van der Waals surface area (Å²) in [4.78, 5) is 21.9. The molecule has 2 amide bonds. The normalized spacial score (nSPS) is 12.5. The second kappa shape index (κ2) is 9.27. The van der Waals surface area contributed by atoms with E-state index in [0.717, 1.165) is 12.2 Å². The van der Waals surface area contributed by atoms with Crippen LogP contribution in [-0.4, -0.2) is 30.2 Å². The van der Waals surface area contributed by atoms with Crippen molar-refractivity contribution in [2.24, 2.45) is 5.73 Å². The van der Waals surface area contributed by atoms with Crippen LogP contribution < -0.4 is 40.6 Å². The van der Waals surface area contributed by atoms with E-state index in [-0.39, 0.29) is 41.6 Å². The zero-order valence-corrected chi connectivity index (χ0v) is 13.7. The van der Waals surface area contributed by atoms with Gasteiger partial charge in [0.15, 0.2) is 0 Å². The Labute approximate surface area is 134 Å². The third-order valence-electron chi connectivity index (χ3n) is 1.93. The first kappa shape index (κ1) is 20.6. The minimum Gasteiger partial charge on any atom is -0.746 e. The minimum atomic E-state index is -4.63. The number of rotatable bonds is 7. The number of carbonyl (C=O) groups excluding carboxylic acids is 2. The van der Waals surface area contributed by atoms with Crippen LogP contribution in [0.4, 0.5) is 0 Å². The Morgan fingerprint density at radius 2 is 1.95 bits per heavy atom. The van der Waals surface area contributed by atoms with E-state index in [1.165, 1.54) is 0 Å². The largest absolute Gasteiger partial charge is 1.00 e. The van der Waals surface area contributed by atoms with Crippen molar-refractivity contribution in [2.45, 2.75) is 25.1 Å². The molecule has 0 radical (unpaired) electrons. The number of primary amides is 1. The number of nitrogens with two attached hydrogens (primary N) is 1. The van der Waals surface area contributed by atoms with Gasteiger partial charge in [-0.25, -0.2) is 8.42 Å². The molecule has 3 N–H and O–H groups in total. The van der Waals surface area contributed by atoms with E-state index in [2.05, 4.69) is 6.58 Å². The van der Waals surface area contributed by atoms with E-state index in [1.807, 2.05) is 5.32 Å². The van der Waals surface area contributed by atoms with E-state index >= 15 is 0 Å². The van der Waals surface area contributed by atoms with Crippen molar-refractivity contribution in [3.63, 3.8) is 0 Å². The summed E-state index contributed by atoms with van der Waals surface area (Å²) in [5.74, 6) is -1.61. The Morgan fingerprint density at radius 1 is 1.42 bits per heavy atom. The Morgan fingerprint density at radius 3 is 2.32 bits per heavy atom. The summed E-state index contributed by atoms with van der Waals surface area (Å²) in [5.41, 5.74) is 4.65. The Hall–Kier alpha value is -0.670. The van der Waals surface area contributed by atoms with Crippen molar-refractivity contribution in [3.05, 3.63) is 24.3 Å². The van der Waals surface area contributed by atoms with Gasteiger partial charge in [0.1, 0.15) is 15.5 Å². The molecule has 0 saturated carbocycles. The maximum atomic E-state index is 11.5. The van der Waals surface area contributed by atoms with Crippen molar-refractivity contribution < 1.29 is 52.1 Å². The maximum absolute atomic E-state index is 11.5. The van der Waals surface area contributed by atoms with Gasteiger partial charge in [0.05, 0.1) is 0 Å². The fourth-order valence-electron chi connectivity index (χ4n) is 1.05. The summed E-state index contributed by atoms with van der Waals surface area (Å²) in [6, 6.07) is 0. The maximum Gasteiger partial charge on any atom is 1.00 e. The molecule has 0 rings (SSSR count). The molecule has 19 heavy (non-hydrogen) atoms. The second-order valence-electron chi connectivity index (χ2n) is 3.50. The van der Waals surface area contributed by atoms with E-state index in [9.17, 15) is 22.6 Å². The number of hydrogen-bond acceptors (Lipinski definition) is 5. The zero-order valence-electron chi connectivity index (χ0n) is 10.9. The molecule has 1 atom stereocenters. The molecule has 0 bridgehead atoms. The molecular weight excluding hydrogens is 283 g/mol. The van der Waals surface area contributed by atoms with Crippen LogP contribution in [0.15, 0.2) is 24.3 Å². The Kier molecular flexibility index (Phi) is 10.1. The number of amides is 2. The van der Waals surface area contributed by atoms with Gasteiger partial charge in [0, 0.05) is 11.6 Å². The molecule has 0 spiro atoms. The first-order valence-electron chi connectivity index (χ1n) is 5.10. The second-order valence-corrected chi connectivity index (χ2v) is 5.06. The zero-order chi connectivity index (χ0) is 14.3. The topological polar surface area (TPSA) is 129 Å². The van der Waals surface area contributed by atoms with Crippen molar-refractivity contribution in [3.8, 4) is 0 Å². The predicted molar refractivity (Wildman–Crippen MR) is 64.0 cm³/mol. The summed E-state index contributed by atoms with van der Waals surface area (Å²) in [6.07, 6.45) is 2.36. The molecule has 0 aliphatic rings. The van der Waals surface area contributed by atoms with Gasteiger partial charge in [0.2, 0.25) is 5.91 Å². The molecule has 0 saturated heterocycles. The monoisotopic (exact) mass is 298 g/mol. The summed E-state index contributed by atoms with van der Waals surface area (Å²) in [5, 5.41) is 0.533. The SMILES string of the molecule is C=C(C=CC(N)=O)C(=O)NC(CCC)S(=O)(=O)[O-].[Na+].